The van der Waals surface area contributed by atoms with E-state index in [0.29, 0.717) is 0 Å². The summed E-state index contributed by atoms with van der Waals surface area (Å²) in [4.78, 5) is 5.06. The van der Waals surface area contributed by atoms with Gasteiger partial charge >= 0.3 is 0 Å². The first-order valence-electron chi connectivity index (χ1n) is 6.56. The van der Waals surface area contributed by atoms with Crippen molar-refractivity contribution in [1.82, 2.24) is 15.1 Å². The van der Waals surface area contributed by atoms with E-state index in [-0.39, 0.29) is 6.29 Å². The zero-order chi connectivity index (χ0) is 12.1. The molecule has 1 unspecified atom stereocenters. The summed E-state index contributed by atoms with van der Waals surface area (Å²) in [5.74, 6) is 0. The van der Waals surface area contributed by atoms with Crippen molar-refractivity contribution in [1.29, 1.82) is 0 Å². The SMILES string of the molecule is COC(CN1CCC(N2CCNCC2)C1)OC. The molecule has 1 atom stereocenters. The second-order valence-electron chi connectivity index (χ2n) is 4.89. The van der Waals surface area contributed by atoms with Crippen molar-refractivity contribution in [2.75, 3.05) is 60.0 Å². The number of methoxy groups -OCH3 is 2. The summed E-state index contributed by atoms with van der Waals surface area (Å²) in [6.45, 7) is 7.86. The van der Waals surface area contributed by atoms with Gasteiger partial charge in [-0.2, -0.15) is 0 Å². The molecule has 2 heterocycles. The predicted molar refractivity (Wildman–Crippen MR) is 67.1 cm³/mol. The van der Waals surface area contributed by atoms with Crippen LogP contribution in [0, 0.1) is 0 Å². The van der Waals surface area contributed by atoms with Gasteiger partial charge in [0.2, 0.25) is 0 Å². The van der Waals surface area contributed by atoms with Gasteiger partial charge < -0.3 is 14.8 Å². The fourth-order valence-electron chi connectivity index (χ4n) is 2.78. The summed E-state index contributed by atoms with van der Waals surface area (Å²) in [6, 6.07) is 0.728. The van der Waals surface area contributed by atoms with Gasteiger partial charge in [-0.15, -0.1) is 0 Å². The average Bonchev–Trinajstić information content (AvgIpc) is 2.85. The molecule has 0 amide bonds. The maximum absolute atomic E-state index is 5.25. The van der Waals surface area contributed by atoms with Crippen LogP contribution in [-0.2, 0) is 9.47 Å². The van der Waals surface area contributed by atoms with E-state index in [1.54, 1.807) is 14.2 Å². The normalized spacial score (nSPS) is 28.1. The number of hydrogen-bond donors (Lipinski definition) is 1. The van der Waals surface area contributed by atoms with Gasteiger partial charge in [0.15, 0.2) is 6.29 Å². The van der Waals surface area contributed by atoms with Crippen LogP contribution in [0.2, 0.25) is 0 Å². The largest absolute Gasteiger partial charge is 0.355 e. The summed E-state index contributed by atoms with van der Waals surface area (Å²) in [5, 5.41) is 3.40. The third-order valence-electron chi connectivity index (χ3n) is 3.85. The lowest BCUT2D eigenvalue weighted by Gasteiger charge is -2.32. The number of nitrogens with one attached hydrogen (secondary N) is 1. The maximum Gasteiger partial charge on any atom is 0.169 e. The van der Waals surface area contributed by atoms with Gasteiger partial charge in [0.1, 0.15) is 0 Å². The Morgan fingerprint density at radius 1 is 1.18 bits per heavy atom. The zero-order valence-corrected chi connectivity index (χ0v) is 11.0. The lowest BCUT2D eigenvalue weighted by atomic mass is 10.2. The van der Waals surface area contributed by atoms with Crippen LogP contribution in [0.5, 0.6) is 0 Å². The van der Waals surface area contributed by atoms with Crippen LogP contribution in [0.15, 0.2) is 0 Å². The molecule has 0 spiro atoms. The summed E-state index contributed by atoms with van der Waals surface area (Å²) in [5.41, 5.74) is 0. The maximum atomic E-state index is 5.25. The molecule has 100 valence electrons. The minimum absolute atomic E-state index is 0.0863. The lowest BCUT2D eigenvalue weighted by molar-refractivity contribution is -0.114. The first-order chi connectivity index (χ1) is 8.33. The predicted octanol–water partition coefficient (Wildman–Crippen LogP) is -0.415. The van der Waals surface area contributed by atoms with Crippen LogP contribution in [0.25, 0.3) is 0 Å². The van der Waals surface area contributed by atoms with Crippen molar-refractivity contribution >= 4 is 0 Å². The molecule has 0 aromatic rings. The molecule has 2 aliphatic heterocycles. The van der Waals surface area contributed by atoms with Crippen LogP contribution in [0.4, 0.5) is 0 Å². The Morgan fingerprint density at radius 2 is 1.88 bits per heavy atom. The molecule has 0 radical (unpaired) electrons. The monoisotopic (exact) mass is 243 g/mol. The molecule has 0 aromatic carbocycles. The topological polar surface area (TPSA) is 37.0 Å². The summed E-state index contributed by atoms with van der Waals surface area (Å²) in [7, 11) is 3.41. The summed E-state index contributed by atoms with van der Waals surface area (Å²) < 4.78 is 10.5. The Hall–Kier alpha value is -0.200. The molecular formula is C12H25N3O2. The third kappa shape index (κ3) is 3.63. The summed E-state index contributed by atoms with van der Waals surface area (Å²) in [6.07, 6.45) is 1.19. The number of rotatable bonds is 5. The fraction of sp³-hybridized carbons (Fsp3) is 1.00. The van der Waals surface area contributed by atoms with Gasteiger partial charge in [-0.25, -0.2) is 0 Å². The van der Waals surface area contributed by atoms with Gasteiger partial charge in [0.05, 0.1) is 0 Å². The van der Waals surface area contributed by atoms with Crippen LogP contribution in [-0.4, -0.2) is 82.2 Å². The van der Waals surface area contributed by atoms with E-state index in [4.69, 9.17) is 9.47 Å². The van der Waals surface area contributed by atoms with Gasteiger partial charge in [0.25, 0.3) is 0 Å². The smallest absolute Gasteiger partial charge is 0.169 e. The Balaban J connectivity index is 1.74. The highest BCUT2D eigenvalue weighted by Crippen LogP contribution is 2.16. The molecule has 0 bridgehead atoms. The standard InChI is InChI=1S/C12H25N3O2/c1-16-12(17-2)10-14-6-3-11(9-14)15-7-4-13-5-8-15/h11-13H,3-10H2,1-2H3. The van der Waals surface area contributed by atoms with E-state index in [2.05, 4.69) is 15.1 Å². The second kappa shape index (κ2) is 6.66. The summed E-state index contributed by atoms with van der Waals surface area (Å²) >= 11 is 0. The molecule has 0 saturated carbocycles. The Morgan fingerprint density at radius 3 is 2.53 bits per heavy atom. The van der Waals surface area contributed by atoms with E-state index in [1.165, 1.54) is 19.5 Å². The highest BCUT2D eigenvalue weighted by Gasteiger charge is 2.29. The van der Waals surface area contributed by atoms with Crippen molar-refractivity contribution in [2.24, 2.45) is 0 Å². The van der Waals surface area contributed by atoms with Crippen LogP contribution in [0.3, 0.4) is 0 Å². The van der Waals surface area contributed by atoms with Crippen molar-refractivity contribution in [3.63, 3.8) is 0 Å². The number of hydrogen-bond acceptors (Lipinski definition) is 5. The van der Waals surface area contributed by atoms with Gasteiger partial charge in [-0.05, 0) is 13.0 Å². The van der Waals surface area contributed by atoms with E-state index in [0.717, 1.165) is 38.8 Å². The first-order valence-corrected chi connectivity index (χ1v) is 6.56. The van der Waals surface area contributed by atoms with Crippen molar-refractivity contribution < 1.29 is 9.47 Å². The average molecular weight is 243 g/mol. The third-order valence-corrected chi connectivity index (χ3v) is 3.85. The van der Waals surface area contributed by atoms with E-state index < -0.39 is 0 Å². The van der Waals surface area contributed by atoms with Crippen molar-refractivity contribution in [3.05, 3.63) is 0 Å². The van der Waals surface area contributed by atoms with E-state index in [1.807, 2.05) is 0 Å². The molecule has 0 aliphatic carbocycles. The molecule has 1 N–H and O–H groups in total. The second-order valence-corrected chi connectivity index (χ2v) is 4.89. The number of ether oxygens (including phenoxy) is 2. The minimum Gasteiger partial charge on any atom is -0.355 e. The molecular weight excluding hydrogens is 218 g/mol. The van der Waals surface area contributed by atoms with Crippen LogP contribution < -0.4 is 5.32 Å². The number of piperazine rings is 1. The highest BCUT2D eigenvalue weighted by molar-refractivity contribution is 4.85. The molecule has 2 saturated heterocycles. The van der Waals surface area contributed by atoms with Crippen molar-refractivity contribution in [2.45, 2.75) is 18.8 Å². The number of likely N-dealkylation sites (tertiary alicyclic amines) is 1. The molecule has 5 nitrogen and oxygen atoms in total. The zero-order valence-electron chi connectivity index (χ0n) is 11.0. The molecule has 0 aromatic heterocycles. The first kappa shape index (κ1) is 13.2. The quantitative estimate of drug-likeness (QED) is 0.664. The highest BCUT2D eigenvalue weighted by atomic mass is 16.7. The molecule has 5 heteroatoms. The van der Waals surface area contributed by atoms with Gasteiger partial charge in [-0.1, -0.05) is 0 Å². The molecule has 2 fully saturated rings. The Labute approximate surface area is 104 Å². The fourth-order valence-corrected chi connectivity index (χ4v) is 2.78. The van der Waals surface area contributed by atoms with Crippen LogP contribution in [0.1, 0.15) is 6.42 Å². The van der Waals surface area contributed by atoms with E-state index >= 15 is 0 Å². The Kier molecular flexibility index (Phi) is 5.18. The molecule has 17 heavy (non-hydrogen) atoms. The van der Waals surface area contributed by atoms with Crippen molar-refractivity contribution in [3.8, 4) is 0 Å². The van der Waals surface area contributed by atoms with Gasteiger partial charge in [0, 0.05) is 59.5 Å². The molecule has 2 aliphatic rings. The molecule has 2 rings (SSSR count). The van der Waals surface area contributed by atoms with Gasteiger partial charge in [-0.3, -0.25) is 9.80 Å². The number of nitrogens with zero attached hydrogens (tertiary/aromatic N) is 2. The minimum atomic E-state index is -0.0863. The van der Waals surface area contributed by atoms with Crippen LogP contribution >= 0.6 is 0 Å². The lowest BCUT2D eigenvalue weighted by Crippen LogP contribution is -2.49. The van der Waals surface area contributed by atoms with E-state index in [9.17, 15) is 0 Å². The Bertz CT molecular complexity index is 218.